The van der Waals surface area contributed by atoms with Gasteiger partial charge in [0.15, 0.2) is 0 Å². The predicted molar refractivity (Wildman–Crippen MR) is 52.9 cm³/mol. The molecule has 0 fully saturated rings. The first-order chi connectivity index (χ1) is 6.85. The summed E-state index contributed by atoms with van der Waals surface area (Å²) in [5.41, 5.74) is 1.81. The zero-order valence-corrected chi connectivity index (χ0v) is 7.77. The van der Waals surface area contributed by atoms with Crippen LogP contribution in [0.2, 0.25) is 0 Å². The quantitative estimate of drug-likeness (QED) is 0.672. The Morgan fingerprint density at radius 3 is 3.14 bits per heavy atom. The molecule has 0 bridgehead atoms. The van der Waals surface area contributed by atoms with Crippen molar-refractivity contribution in [1.82, 2.24) is 9.55 Å². The lowest BCUT2D eigenvalue weighted by molar-refractivity contribution is 0.415. The fourth-order valence-corrected chi connectivity index (χ4v) is 1.35. The lowest BCUT2D eigenvalue weighted by atomic mass is 10.3. The van der Waals surface area contributed by atoms with E-state index in [2.05, 4.69) is 9.83 Å². The zero-order valence-electron chi connectivity index (χ0n) is 7.77. The van der Waals surface area contributed by atoms with Gasteiger partial charge in [0, 0.05) is 6.07 Å². The lowest BCUT2D eigenvalue weighted by Crippen LogP contribution is -1.91. The maximum atomic E-state index is 6.80. The van der Waals surface area contributed by atoms with Crippen LogP contribution in [-0.4, -0.2) is 16.7 Å². The topological polar surface area (TPSA) is 31.4 Å². The molecule has 1 heterocycles. The molecular weight excluding hydrogens is 178 g/mol. The van der Waals surface area contributed by atoms with Crippen molar-refractivity contribution in [2.45, 2.75) is 6.67 Å². The molecule has 0 spiro atoms. The molecule has 0 aliphatic heterocycles. The van der Waals surface area contributed by atoms with Crippen LogP contribution in [0, 0.1) is 6.57 Å². The molecule has 4 heteroatoms. The van der Waals surface area contributed by atoms with Crippen LogP contribution in [0.1, 0.15) is 0 Å². The van der Waals surface area contributed by atoms with Gasteiger partial charge in [0.2, 0.25) is 0 Å². The lowest BCUT2D eigenvalue weighted by Gasteiger charge is -1.99. The number of rotatable bonds is 2. The summed E-state index contributed by atoms with van der Waals surface area (Å²) in [7, 11) is 1.62. The first-order valence-corrected chi connectivity index (χ1v) is 4.17. The van der Waals surface area contributed by atoms with Gasteiger partial charge in [0.1, 0.15) is 12.1 Å². The number of imidazole rings is 1. The molecule has 1 aromatic carbocycles. The van der Waals surface area contributed by atoms with Crippen LogP contribution in [-0.2, 0) is 6.67 Å². The Bertz CT molecular complexity index is 496. The standard InChI is InChI=1S/C10H9N3O/c1-11-6-13-7-12-9-4-3-8(14-2)5-10(9)13/h3-5,7H,6H2,2H3. The van der Waals surface area contributed by atoms with Gasteiger partial charge in [-0.2, -0.15) is 0 Å². The van der Waals surface area contributed by atoms with E-state index in [0.29, 0.717) is 6.67 Å². The van der Waals surface area contributed by atoms with Crippen molar-refractivity contribution < 1.29 is 4.74 Å². The van der Waals surface area contributed by atoms with Gasteiger partial charge in [-0.1, -0.05) is 0 Å². The molecular formula is C10H9N3O. The van der Waals surface area contributed by atoms with E-state index in [0.717, 1.165) is 16.8 Å². The fraction of sp³-hybridized carbons (Fsp3) is 0.200. The molecule has 0 atom stereocenters. The smallest absolute Gasteiger partial charge is 0.294 e. The van der Waals surface area contributed by atoms with Crippen LogP contribution in [0.5, 0.6) is 5.75 Å². The summed E-state index contributed by atoms with van der Waals surface area (Å²) in [5, 5.41) is 0. The summed E-state index contributed by atoms with van der Waals surface area (Å²) in [5.74, 6) is 0.782. The number of ether oxygens (including phenoxy) is 1. The number of fused-ring (bicyclic) bond motifs is 1. The Morgan fingerprint density at radius 2 is 2.43 bits per heavy atom. The van der Waals surface area contributed by atoms with Crippen LogP contribution < -0.4 is 4.74 Å². The van der Waals surface area contributed by atoms with Gasteiger partial charge in [-0.05, 0) is 12.1 Å². The van der Waals surface area contributed by atoms with Crippen molar-refractivity contribution in [2.24, 2.45) is 0 Å². The second-order valence-electron chi connectivity index (χ2n) is 2.87. The van der Waals surface area contributed by atoms with Crippen LogP contribution in [0.3, 0.4) is 0 Å². The van der Waals surface area contributed by atoms with E-state index in [1.807, 2.05) is 18.2 Å². The third-order valence-corrected chi connectivity index (χ3v) is 2.05. The van der Waals surface area contributed by atoms with Crippen molar-refractivity contribution in [1.29, 1.82) is 0 Å². The highest BCUT2D eigenvalue weighted by atomic mass is 16.5. The van der Waals surface area contributed by atoms with E-state index in [1.54, 1.807) is 18.0 Å². The number of methoxy groups -OCH3 is 1. The summed E-state index contributed by atoms with van der Waals surface area (Å²) in [6.45, 7) is 7.09. The SMILES string of the molecule is [C-]#[N+]Cn1cnc2ccc(OC)cc21. The number of aromatic nitrogens is 2. The Hall–Kier alpha value is -2.02. The van der Waals surface area contributed by atoms with Crippen molar-refractivity contribution in [3.8, 4) is 5.75 Å². The van der Waals surface area contributed by atoms with Crippen LogP contribution >= 0.6 is 0 Å². The van der Waals surface area contributed by atoms with Gasteiger partial charge < -0.3 is 4.74 Å². The maximum absolute atomic E-state index is 6.80. The van der Waals surface area contributed by atoms with E-state index in [-0.39, 0.29) is 0 Å². The molecule has 0 aliphatic carbocycles. The summed E-state index contributed by atoms with van der Waals surface area (Å²) in [6.07, 6.45) is 1.67. The minimum atomic E-state index is 0.295. The number of hydrogen-bond acceptors (Lipinski definition) is 2. The van der Waals surface area contributed by atoms with E-state index in [1.165, 1.54) is 0 Å². The Morgan fingerprint density at radius 1 is 1.57 bits per heavy atom. The third-order valence-electron chi connectivity index (χ3n) is 2.05. The molecule has 0 amide bonds. The van der Waals surface area contributed by atoms with E-state index < -0.39 is 0 Å². The molecule has 0 radical (unpaired) electrons. The highest BCUT2D eigenvalue weighted by Gasteiger charge is 2.04. The maximum Gasteiger partial charge on any atom is 0.294 e. The van der Waals surface area contributed by atoms with Crippen LogP contribution in [0.4, 0.5) is 0 Å². The van der Waals surface area contributed by atoms with E-state index >= 15 is 0 Å². The van der Waals surface area contributed by atoms with Gasteiger partial charge in [-0.25, -0.2) is 11.6 Å². The Balaban J connectivity index is 2.59. The first kappa shape index (κ1) is 8.57. The molecule has 70 valence electrons. The average molecular weight is 187 g/mol. The molecule has 2 rings (SSSR count). The second-order valence-corrected chi connectivity index (χ2v) is 2.87. The highest BCUT2D eigenvalue weighted by molar-refractivity contribution is 5.77. The van der Waals surface area contributed by atoms with Crippen molar-refractivity contribution in [3.05, 3.63) is 35.9 Å². The largest absolute Gasteiger partial charge is 0.497 e. The van der Waals surface area contributed by atoms with Gasteiger partial charge in [0.05, 0.1) is 18.1 Å². The number of benzene rings is 1. The first-order valence-electron chi connectivity index (χ1n) is 4.17. The van der Waals surface area contributed by atoms with Crippen molar-refractivity contribution in [2.75, 3.05) is 7.11 Å². The molecule has 4 nitrogen and oxygen atoms in total. The predicted octanol–water partition coefficient (Wildman–Crippen LogP) is 1.92. The Kier molecular flexibility index (Phi) is 2.07. The molecule has 14 heavy (non-hydrogen) atoms. The number of hydrogen-bond donors (Lipinski definition) is 0. The van der Waals surface area contributed by atoms with Crippen LogP contribution in [0.25, 0.3) is 15.9 Å². The van der Waals surface area contributed by atoms with Crippen molar-refractivity contribution >= 4 is 11.0 Å². The Labute approximate surface area is 81.6 Å². The number of nitrogens with zero attached hydrogens (tertiary/aromatic N) is 3. The highest BCUT2D eigenvalue weighted by Crippen LogP contribution is 2.19. The van der Waals surface area contributed by atoms with E-state index in [4.69, 9.17) is 11.3 Å². The van der Waals surface area contributed by atoms with Crippen LogP contribution in [0.15, 0.2) is 24.5 Å². The zero-order chi connectivity index (χ0) is 9.97. The summed E-state index contributed by atoms with van der Waals surface area (Å²) >= 11 is 0. The molecule has 0 unspecified atom stereocenters. The molecule has 0 saturated heterocycles. The molecule has 1 aromatic heterocycles. The van der Waals surface area contributed by atoms with E-state index in [9.17, 15) is 0 Å². The summed E-state index contributed by atoms with van der Waals surface area (Å²) in [6, 6.07) is 5.62. The fourth-order valence-electron chi connectivity index (χ4n) is 1.35. The van der Waals surface area contributed by atoms with Gasteiger partial charge in [-0.15, -0.1) is 0 Å². The summed E-state index contributed by atoms with van der Waals surface area (Å²) < 4.78 is 6.90. The third kappa shape index (κ3) is 1.29. The van der Waals surface area contributed by atoms with Gasteiger partial charge in [-0.3, -0.25) is 9.41 Å². The molecule has 0 saturated carbocycles. The second kappa shape index (κ2) is 3.38. The summed E-state index contributed by atoms with van der Waals surface area (Å²) in [4.78, 5) is 7.49. The minimum absolute atomic E-state index is 0.295. The molecule has 0 N–H and O–H groups in total. The van der Waals surface area contributed by atoms with Crippen molar-refractivity contribution in [3.63, 3.8) is 0 Å². The van der Waals surface area contributed by atoms with Gasteiger partial charge in [0.25, 0.3) is 6.67 Å². The molecule has 0 aliphatic rings. The normalized spacial score (nSPS) is 10.0. The minimum Gasteiger partial charge on any atom is -0.497 e. The average Bonchev–Trinajstić information content (AvgIpc) is 2.61. The monoisotopic (exact) mass is 187 g/mol. The molecule has 2 aromatic rings. The van der Waals surface area contributed by atoms with Gasteiger partial charge >= 0.3 is 0 Å².